The number of ketones is 1. The number of hydrogen-bond acceptors (Lipinski definition) is 4. The standard InChI is InChI=1S/C18H21NO3/c1-21-14-9-11-5-8-19-13-10-18(6-3-12(20)4-7-18)16(15(11)13)17(14)22-2/h3,6,9,13,19H,4-5,7-8,10H2,1-2H3/t13-,18+/m1/s1. The molecule has 4 heteroatoms. The van der Waals surface area contributed by atoms with Crippen molar-refractivity contribution < 1.29 is 14.3 Å². The monoisotopic (exact) mass is 299 g/mol. The van der Waals surface area contributed by atoms with Crippen molar-refractivity contribution >= 4 is 5.78 Å². The second-order valence-corrected chi connectivity index (χ2v) is 6.48. The summed E-state index contributed by atoms with van der Waals surface area (Å²) in [7, 11) is 3.40. The predicted octanol–water partition coefficient (Wildman–Crippen LogP) is 2.45. The zero-order valence-corrected chi connectivity index (χ0v) is 13.1. The molecule has 22 heavy (non-hydrogen) atoms. The van der Waals surface area contributed by atoms with Gasteiger partial charge in [0.15, 0.2) is 17.3 Å². The minimum atomic E-state index is -0.0973. The summed E-state index contributed by atoms with van der Waals surface area (Å²) in [6.45, 7) is 0.991. The van der Waals surface area contributed by atoms with Crippen LogP contribution in [-0.4, -0.2) is 26.5 Å². The van der Waals surface area contributed by atoms with E-state index in [-0.39, 0.29) is 11.2 Å². The molecular formula is C18H21NO3. The van der Waals surface area contributed by atoms with Gasteiger partial charge in [-0.2, -0.15) is 0 Å². The average molecular weight is 299 g/mol. The molecule has 0 aromatic heterocycles. The zero-order chi connectivity index (χ0) is 15.3. The fourth-order valence-electron chi connectivity index (χ4n) is 4.43. The van der Waals surface area contributed by atoms with Crippen molar-refractivity contribution in [2.24, 2.45) is 0 Å². The van der Waals surface area contributed by atoms with Crippen LogP contribution in [0.15, 0.2) is 18.2 Å². The summed E-state index contributed by atoms with van der Waals surface area (Å²) in [5, 5.41) is 3.63. The van der Waals surface area contributed by atoms with Crippen molar-refractivity contribution in [1.82, 2.24) is 5.32 Å². The number of hydrogen-bond donors (Lipinski definition) is 1. The SMILES string of the molecule is COc1cc2c3c(c1OC)[C@]1(C=CC(=O)CC1)C[C@H]3NCC2. The van der Waals surface area contributed by atoms with Gasteiger partial charge in [-0.05, 0) is 49.1 Å². The van der Waals surface area contributed by atoms with Crippen molar-refractivity contribution in [2.45, 2.75) is 37.1 Å². The van der Waals surface area contributed by atoms with Gasteiger partial charge in [0.25, 0.3) is 0 Å². The second-order valence-electron chi connectivity index (χ2n) is 6.48. The normalized spacial score (nSPS) is 28.8. The van der Waals surface area contributed by atoms with Crippen LogP contribution >= 0.6 is 0 Å². The molecular weight excluding hydrogens is 278 g/mol. The van der Waals surface area contributed by atoms with E-state index < -0.39 is 0 Å². The highest BCUT2D eigenvalue weighted by Gasteiger charge is 2.48. The maximum absolute atomic E-state index is 11.7. The van der Waals surface area contributed by atoms with Gasteiger partial charge in [-0.1, -0.05) is 6.08 Å². The number of methoxy groups -OCH3 is 2. The Bertz CT molecular complexity index is 679. The minimum absolute atomic E-state index is 0.0973. The van der Waals surface area contributed by atoms with Crippen molar-refractivity contribution in [1.29, 1.82) is 0 Å². The van der Waals surface area contributed by atoms with E-state index in [1.807, 2.05) is 0 Å². The first-order chi connectivity index (χ1) is 10.7. The molecule has 1 N–H and O–H groups in total. The number of allylic oxidation sites excluding steroid dienone is 2. The van der Waals surface area contributed by atoms with Crippen LogP contribution in [0.3, 0.4) is 0 Å². The smallest absolute Gasteiger partial charge is 0.165 e. The molecule has 0 amide bonds. The molecule has 1 spiro atoms. The van der Waals surface area contributed by atoms with Gasteiger partial charge in [-0.25, -0.2) is 0 Å². The van der Waals surface area contributed by atoms with Crippen LogP contribution in [0.4, 0.5) is 0 Å². The van der Waals surface area contributed by atoms with Crippen molar-refractivity contribution in [2.75, 3.05) is 20.8 Å². The minimum Gasteiger partial charge on any atom is -0.493 e. The fourth-order valence-corrected chi connectivity index (χ4v) is 4.43. The number of fused-ring (bicyclic) bond motifs is 1. The van der Waals surface area contributed by atoms with Gasteiger partial charge in [-0.3, -0.25) is 4.79 Å². The van der Waals surface area contributed by atoms with E-state index in [1.165, 1.54) is 16.7 Å². The highest BCUT2D eigenvalue weighted by atomic mass is 16.5. The molecule has 0 bridgehead atoms. The van der Waals surface area contributed by atoms with Crippen molar-refractivity contribution in [3.63, 3.8) is 0 Å². The summed E-state index contributed by atoms with van der Waals surface area (Å²) >= 11 is 0. The lowest BCUT2D eigenvalue weighted by atomic mass is 9.73. The first-order valence-electron chi connectivity index (χ1n) is 7.92. The molecule has 4 nitrogen and oxygen atoms in total. The molecule has 3 aliphatic rings. The maximum Gasteiger partial charge on any atom is 0.165 e. The van der Waals surface area contributed by atoms with Gasteiger partial charge >= 0.3 is 0 Å². The van der Waals surface area contributed by atoms with E-state index in [1.54, 1.807) is 20.3 Å². The Morgan fingerprint density at radius 1 is 1.27 bits per heavy atom. The Labute approximate surface area is 130 Å². The molecule has 0 radical (unpaired) electrons. The Balaban J connectivity index is 1.99. The number of nitrogens with one attached hydrogen (secondary N) is 1. The third-order valence-corrected chi connectivity index (χ3v) is 5.40. The topological polar surface area (TPSA) is 47.6 Å². The quantitative estimate of drug-likeness (QED) is 0.911. The summed E-state index contributed by atoms with van der Waals surface area (Å²) in [5.41, 5.74) is 3.88. The molecule has 4 rings (SSSR count). The fraction of sp³-hybridized carbons (Fsp3) is 0.500. The number of ether oxygens (including phenoxy) is 2. The maximum atomic E-state index is 11.7. The van der Waals surface area contributed by atoms with Crippen LogP contribution in [0.1, 0.15) is 42.0 Å². The molecule has 0 saturated carbocycles. The van der Waals surface area contributed by atoms with Crippen LogP contribution in [0.2, 0.25) is 0 Å². The van der Waals surface area contributed by atoms with Gasteiger partial charge in [0.1, 0.15) is 0 Å². The zero-order valence-electron chi connectivity index (χ0n) is 13.1. The third-order valence-electron chi connectivity index (χ3n) is 5.40. The van der Waals surface area contributed by atoms with Gasteiger partial charge < -0.3 is 14.8 Å². The predicted molar refractivity (Wildman–Crippen MR) is 83.7 cm³/mol. The molecule has 0 fully saturated rings. The molecule has 1 aliphatic heterocycles. The van der Waals surface area contributed by atoms with Gasteiger partial charge in [0.05, 0.1) is 14.2 Å². The Kier molecular flexibility index (Phi) is 3.05. The van der Waals surface area contributed by atoms with Crippen LogP contribution in [0, 0.1) is 0 Å². The summed E-state index contributed by atoms with van der Waals surface area (Å²) in [6, 6.07) is 2.48. The highest BCUT2D eigenvalue weighted by molar-refractivity contribution is 5.91. The van der Waals surface area contributed by atoms with E-state index in [2.05, 4.69) is 17.5 Å². The lowest BCUT2D eigenvalue weighted by molar-refractivity contribution is -0.115. The van der Waals surface area contributed by atoms with Crippen molar-refractivity contribution in [3.05, 3.63) is 34.9 Å². The Morgan fingerprint density at radius 3 is 2.82 bits per heavy atom. The number of carbonyl (C=O) groups is 1. The highest BCUT2D eigenvalue weighted by Crippen LogP contribution is 2.57. The summed E-state index contributed by atoms with van der Waals surface area (Å²) < 4.78 is 11.3. The summed E-state index contributed by atoms with van der Waals surface area (Å²) in [6.07, 6.45) is 7.35. The largest absolute Gasteiger partial charge is 0.493 e. The van der Waals surface area contributed by atoms with E-state index in [0.29, 0.717) is 12.5 Å². The molecule has 1 aromatic rings. The van der Waals surface area contributed by atoms with Gasteiger partial charge in [0, 0.05) is 23.4 Å². The molecule has 116 valence electrons. The molecule has 0 unspecified atom stereocenters. The summed E-state index contributed by atoms with van der Waals surface area (Å²) in [5.74, 6) is 1.87. The Hall–Kier alpha value is -1.81. The van der Waals surface area contributed by atoms with Crippen molar-refractivity contribution in [3.8, 4) is 11.5 Å². The molecule has 0 saturated heterocycles. The second kappa shape index (κ2) is 4.85. The van der Waals surface area contributed by atoms with Gasteiger partial charge in [0.2, 0.25) is 0 Å². The lowest BCUT2D eigenvalue weighted by Gasteiger charge is -2.31. The lowest BCUT2D eigenvalue weighted by Crippen LogP contribution is -2.29. The van der Waals surface area contributed by atoms with E-state index >= 15 is 0 Å². The van der Waals surface area contributed by atoms with Crippen LogP contribution in [-0.2, 0) is 16.6 Å². The van der Waals surface area contributed by atoms with Crippen LogP contribution < -0.4 is 14.8 Å². The average Bonchev–Trinajstić information content (AvgIpc) is 2.86. The van der Waals surface area contributed by atoms with Crippen LogP contribution in [0.25, 0.3) is 0 Å². The number of rotatable bonds is 2. The van der Waals surface area contributed by atoms with Gasteiger partial charge in [-0.15, -0.1) is 0 Å². The van der Waals surface area contributed by atoms with E-state index in [0.717, 1.165) is 37.3 Å². The molecule has 1 heterocycles. The van der Waals surface area contributed by atoms with Crippen LogP contribution in [0.5, 0.6) is 11.5 Å². The van der Waals surface area contributed by atoms with E-state index in [4.69, 9.17) is 9.47 Å². The number of benzene rings is 1. The third kappa shape index (κ3) is 1.76. The molecule has 2 aliphatic carbocycles. The first kappa shape index (κ1) is 13.8. The number of carbonyl (C=O) groups excluding carboxylic acids is 1. The first-order valence-corrected chi connectivity index (χ1v) is 7.92. The van der Waals surface area contributed by atoms with E-state index in [9.17, 15) is 4.79 Å². The summed E-state index contributed by atoms with van der Waals surface area (Å²) in [4.78, 5) is 11.7. The molecule has 2 atom stereocenters. The Morgan fingerprint density at radius 2 is 2.14 bits per heavy atom. The molecule has 1 aromatic carbocycles.